The average Bonchev–Trinajstić information content (AvgIpc) is 3.17. The summed E-state index contributed by atoms with van der Waals surface area (Å²) in [6.07, 6.45) is 0. The first-order chi connectivity index (χ1) is 17.4. The van der Waals surface area contributed by atoms with Crippen LogP contribution >= 0.6 is 11.3 Å². The van der Waals surface area contributed by atoms with Gasteiger partial charge in [-0.05, 0) is 58.0 Å². The van der Waals surface area contributed by atoms with E-state index < -0.39 is 5.91 Å². The number of amides is 2. The molecule has 0 aliphatic carbocycles. The van der Waals surface area contributed by atoms with E-state index in [0.717, 1.165) is 10.2 Å². The van der Waals surface area contributed by atoms with Gasteiger partial charge >= 0.3 is 0 Å². The molecule has 10 heteroatoms. The Morgan fingerprint density at radius 1 is 0.944 bits per heavy atom. The van der Waals surface area contributed by atoms with Gasteiger partial charge in [0.1, 0.15) is 0 Å². The number of rotatable bonds is 12. The lowest BCUT2D eigenvalue weighted by molar-refractivity contribution is -0.114. The van der Waals surface area contributed by atoms with Crippen molar-refractivity contribution >= 4 is 39.1 Å². The van der Waals surface area contributed by atoms with Crippen LogP contribution in [0.5, 0.6) is 17.2 Å². The molecular weight excluding hydrogens is 482 g/mol. The maximum Gasteiger partial charge on any atom is 0.279 e. The number of hydrogen-bond donors (Lipinski definition) is 1. The van der Waals surface area contributed by atoms with Crippen molar-refractivity contribution in [2.24, 2.45) is 4.99 Å². The molecule has 0 aliphatic rings. The van der Waals surface area contributed by atoms with Gasteiger partial charge in [0.25, 0.3) is 5.91 Å². The van der Waals surface area contributed by atoms with Gasteiger partial charge in [-0.15, -0.1) is 0 Å². The Morgan fingerprint density at radius 2 is 1.61 bits per heavy atom. The van der Waals surface area contributed by atoms with Gasteiger partial charge < -0.3 is 28.8 Å². The van der Waals surface area contributed by atoms with Crippen LogP contribution in [0, 0.1) is 0 Å². The number of anilines is 1. The van der Waals surface area contributed by atoms with Crippen molar-refractivity contribution in [1.82, 2.24) is 4.57 Å². The standard InChI is InChI=1S/C26H33N3O6S/c1-6-32-13-12-29-20-11-10-19(27-17(5)30)16-23(20)36-26(29)28-25(31)18-14-21(33-7-2)24(35-9-4)22(15-18)34-8-3/h10-11,14-16H,6-9,12-13H2,1-5H3,(H,27,30). The normalized spacial score (nSPS) is 11.5. The maximum absolute atomic E-state index is 13.4. The van der Waals surface area contributed by atoms with E-state index in [-0.39, 0.29) is 5.91 Å². The number of thiazole rings is 1. The lowest BCUT2D eigenvalue weighted by Gasteiger charge is -2.16. The Balaban J connectivity index is 2.10. The highest BCUT2D eigenvalue weighted by atomic mass is 32.1. The van der Waals surface area contributed by atoms with Crippen molar-refractivity contribution in [1.29, 1.82) is 0 Å². The highest BCUT2D eigenvalue weighted by molar-refractivity contribution is 7.16. The monoisotopic (exact) mass is 515 g/mol. The summed E-state index contributed by atoms with van der Waals surface area (Å²) in [5, 5.41) is 2.79. The van der Waals surface area contributed by atoms with Gasteiger partial charge in [-0.1, -0.05) is 11.3 Å². The van der Waals surface area contributed by atoms with Crippen LogP contribution in [0.3, 0.4) is 0 Å². The molecule has 3 aromatic rings. The summed E-state index contributed by atoms with van der Waals surface area (Å²) in [7, 11) is 0. The minimum Gasteiger partial charge on any atom is -0.490 e. The van der Waals surface area contributed by atoms with E-state index in [1.54, 1.807) is 12.1 Å². The average molecular weight is 516 g/mol. The van der Waals surface area contributed by atoms with Crippen LogP contribution in [-0.2, 0) is 16.1 Å². The molecule has 2 aromatic carbocycles. The smallest absolute Gasteiger partial charge is 0.279 e. The first-order valence-electron chi connectivity index (χ1n) is 12.1. The molecule has 0 atom stereocenters. The molecule has 1 heterocycles. The van der Waals surface area contributed by atoms with E-state index in [1.807, 2.05) is 50.5 Å². The molecule has 0 spiro atoms. The molecule has 0 saturated carbocycles. The number of benzene rings is 2. The number of nitrogens with one attached hydrogen (secondary N) is 1. The Kier molecular flexibility index (Phi) is 9.89. The first kappa shape index (κ1) is 27.2. The van der Waals surface area contributed by atoms with Gasteiger partial charge in [0.2, 0.25) is 11.7 Å². The second kappa shape index (κ2) is 13.1. The predicted molar refractivity (Wildman–Crippen MR) is 140 cm³/mol. The van der Waals surface area contributed by atoms with E-state index >= 15 is 0 Å². The SMILES string of the molecule is CCOCCn1c(=NC(=O)c2cc(OCC)c(OCC)c(OCC)c2)sc2cc(NC(C)=O)ccc21. The first-order valence-corrected chi connectivity index (χ1v) is 12.9. The zero-order valence-electron chi connectivity index (χ0n) is 21.4. The number of fused-ring (bicyclic) bond motifs is 1. The quantitative estimate of drug-likeness (QED) is 0.353. The fourth-order valence-corrected chi connectivity index (χ4v) is 4.71. The Bertz CT molecular complexity index is 1250. The Labute approximate surface area is 214 Å². The molecule has 0 aliphatic heterocycles. The summed E-state index contributed by atoms with van der Waals surface area (Å²) in [6, 6.07) is 8.88. The van der Waals surface area contributed by atoms with Gasteiger partial charge in [0.15, 0.2) is 16.3 Å². The lowest BCUT2D eigenvalue weighted by Crippen LogP contribution is -2.20. The third kappa shape index (κ3) is 6.64. The van der Waals surface area contributed by atoms with Gasteiger partial charge in [-0.25, -0.2) is 0 Å². The fraction of sp³-hybridized carbons (Fsp3) is 0.423. The molecule has 194 valence electrons. The third-order valence-electron chi connectivity index (χ3n) is 5.02. The van der Waals surface area contributed by atoms with E-state index in [9.17, 15) is 9.59 Å². The van der Waals surface area contributed by atoms with Gasteiger partial charge in [0.05, 0.1) is 36.6 Å². The van der Waals surface area contributed by atoms with Crippen molar-refractivity contribution in [3.8, 4) is 17.2 Å². The summed E-state index contributed by atoms with van der Waals surface area (Å²) in [6.45, 7) is 11.8. The highest BCUT2D eigenvalue weighted by Crippen LogP contribution is 2.39. The molecule has 0 fully saturated rings. The Hall–Kier alpha value is -3.37. The van der Waals surface area contributed by atoms with Crippen LogP contribution in [0.25, 0.3) is 10.2 Å². The van der Waals surface area contributed by atoms with Crippen molar-refractivity contribution in [3.63, 3.8) is 0 Å². The summed E-state index contributed by atoms with van der Waals surface area (Å²) >= 11 is 1.37. The lowest BCUT2D eigenvalue weighted by atomic mass is 10.1. The van der Waals surface area contributed by atoms with E-state index in [0.29, 0.717) is 72.9 Å². The molecule has 0 saturated heterocycles. The van der Waals surface area contributed by atoms with Crippen molar-refractivity contribution in [2.45, 2.75) is 41.2 Å². The van der Waals surface area contributed by atoms with Crippen molar-refractivity contribution in [2.75, 3.05) is 38.4 Å². The largest absolute Gasteiger partial charge is 0.490 e. The molecule has 1 N–H and O–H groups in total. The highest BCUT2D eigenvalue weighted by Gasteiger charge is 2.19. The summed E-state index contributed by atoms with van der Waals surface area (Å²) in [5.74, 6) is 0.755. The zero-order valence-corrected chi connectivity index (χ0v) is 22.2. The third-order valence-corrected chi connectivity index (χ3v) is 6.06. The van der Waals surface area contributed by atoms with E-state index in [4.69, 9.17) is 18.9 Å². The number of nitrogens with zero attached hydrogens (tertiary/aromatic N) is 2. The number of hydrogen-bond acceptors (Lipinski definition) is 7. The minimum absolute atomic E-state index is 0.152. The number of carbonyl (C=O) groups is 2. The fourth-order valence-electron chi connectivity index (χ4n) is 3.62. The molecular formula is C26H33N3O6S. The van der Waals surface area contributed by atoms with Crippen molar-refractivity contribution in [3.05, 3.63) is 40.7 Å². The van der Waals surface area contributed by atoms with Crippen molar-refractivity contribution < 1.29 is 28.5 Å². The van der Waals surface area contributed by atoms with Gasteiger partial charge in [0, 0.05) is 31.3 Å². The number of ether oxygens (including phenoxy) is 4. The maximum atomic E-state index is 13.4. The Morgan fingerprint density at radius 3 is 2.19 bits per heavy atom. The molecule has 0 radical (unpaired) electrons. The molecule has 36 heavy (non-hydrogen) atoms. The summed E-state index contributed by atoms with van der Waals surface area (Å²) in [4.78, 5) is 29.8. The minimum atomic E-state index is -0.432. The molecule has 1 aromatic heterocycles. The van der Waals surface area contributed by atoms with E-state index in [1.165, 1.54) is 18.3 Å². The topological polar surface area (TPSA) is 100 Å². The van der Waals surface area contributed by atoms with Crippen LogP contribution in [0.2, 0.25) is 0 Å². The molecule has 0 bridgehead atoms. The summed E-state index contributed by atoms with van der Waals surface area (Å²) in [5.41, 5.74) is 1.91. The van der Waals surface area contributed by atoms with Crippen LogP contribution < -0.4 is 24.3 Å². The van der Waals surface area contributed by atoms with Crippen LogP contribution in [0.4, 0.5) is 5.69 Å². The van der Waals surface area contributed by atoms with Crippen LogP contribution in [-0.4, -0.2) is 49.4 Å². The second-order valence-corrected chi connectivity index (χ2v) is 8.62. The summed E-state index contributed by atoms with van der Waals surface area (Å²) < 4.78 is 25.6. The number of aromatic nitrogens is 1. The second-order valence-electron chi connectivity index (χ2n) is 7.61. The van der Waals surface area contributed by atoms with Crippen LogP contribution in [0.15, 0.2) is 35.3 Å². The van der Waals surface area contributed by atoms with E-state index in [2.05, 4.69) is 10.3 Å². The molecule has 2 amide bonds. The van der Waals surface area contributed by atoms with Crippen LogP contribution in [0.1, 0.15) is 45.0 Å². The van der Waals surface area contributed by atoms with Gasteiger partial charge in [-0.2, -0.15) is 4.99 Å². The zero-order chi connectivity index (χ0) is 26.1. The molecule has 0 unspecified atom stereocenters. The predicted octanol–water partition coefficient (Wildman–Crippen LogP) is 4.63. The number of carbonyl (C=O) groups excluding carboxylic acids is 2. The molecule has 3 rings (SSSR count). The molecule has 9 nitrogen and oxygen atoms in total. The van der Waals surface area contributed by atoms with Gasteiger partial charge in [-0.3, -0.25) is 9.59 Å².